The molecule has 0 saturated heterocycles. The summed E-state index contributed by atoms with van der Waals surface area (Å²) < 4.78 is 0. The number of aromatic nitrogens is 2. The second-order valence-corrected chi connectivity index (χ2v) is 4.95. The molecule has 1 aromatic heterocycles. The van der Waals surface area contributed by atoms with Crippen LogP contribution in [0.2, 0.25) is 5.02 Å². The number of nitrogens with two attached hydrogens (primary N) is 1. The highest BCUT2D eigenvalue weighted by atomic mass is 35.5. The van der Waals surface area contributed by atoms with Crippen molar-refractivity contribution in [3.63, 3.8) is 0 Å². The van der Waals surface area contributed by atoms with Gasteiger partial charge in [0.05, 0.1) is 11.2 Å². The SMILES string of the molecule is CN(N)c1nc(-c2ccccc2)c2cc(Cl)ccc2n1. The van der Waals surface area contributed by atoms with Gasteiger partial charge in [0.15, 0.2) is 0 Å². The molecule has 0 unspecified atom stereocenters. The molecule has 0 spiro atoms. The van der Waals surface area contributed by atoms with Gasteiger partial charge in [-0.25, -0.2) is 15.8 Å². The van der Waals surface area contributed by atoms with Crippen LogP contribution in [0.3, 0.4) is 0 Å². The standard InChI is InChI=1S/C15H13ClN4/c1-20(17)15-18-13-8-7-11(16)9-12(13)14(19-15)10-5-3-2-4-6-10/h2-9H,17H2,1H3. The zero-order valence-electron chi connectivity index (χ0n) is 10.9. The molecule has 0 fully saturated rings. The maximum absolute atomic E-state index is 6.09. The van der Waals surface area contributed by atoms with Gasteiger partial charge in [-0.05, 0) is 18.2 Å². The summed E-state index contributed by atoms with van der Waals surface area (Å²) in [6.07, 6.45) is 0. The van der Waals surface area contributed by atoms with E-state index in [1.54, 1.807) is 7.05 Å². The topological polar surface area (TPSA) is 55.0 Å². The Hall–Kier alpha value is -2.17. The van der Waals surface area contributed by atoms with Crippen LogP contribution in [-0.4, -0.2) is 17.0 Å². The number of rotatable bonds is 2. The maximum Gasteiger partial charge on any atom is 0.240 e. The zero-order valence-corrected chi connectivity index (χ0v) is 11.7. The lowest BCUT2D eigenvalue weighted by Gasteiger charge is -2.13. The number of benzene rings is 2. The average Bonchev–Trinajstić information content (AvgIpc) is 2.47. The summed E-state index contributed by atoms with van der Waals surface area (Å²) in [6, 6.07) is 15.5. The molecule has 3 aromatic rings. The van der Waals surface area contributed by atoms with E-state index >= 15 is 0 Å². The Kier molecular flexibility index (Phi) is 3.26. The van der Waals surface area contributed by atoms with E-state index in [0.717, 1.165) is 22.2 Å². The molecule has 20 heavy (non-hydrogen) atoms. The molecule has 100 valence electrons. The molecule has 0 atom stereocenters. The van der Waals surface area contributed by atoms with Gasteiger partial charge < -0.3 is 0 Å². The highest BCUT2D eigenvalue weighted by Crippen LogP contribution is 2.29. The van der Waals surface area contributed by atoms with Crippen LogP contribution in [0, 0.1) is 0 Å². The van der Waals surface area contributed by atoms with Crippen LogP contribution < -0.4 is 10.9 Å². The largest absolute Gasteiger partial charge is 0.282 e. The molecule has 2 N–H and O–H groups in total. The van der Waals surface area contributed by atoms with Gasteiger partial charge in [-0.1, -0.05) is 41.9 Å². The van der Waals surface area contributed by atoms with Gasteiger partial charge in [-0.2, -0.15) is 0 Å². The van der Waals surface area contributed by atoms with E-state index in [4.69, 9.17) is 17.4 Å². The number of hydrogen-bond donors (Lipinski definition) is 1. The van der Waals surface area contributed by atoms with E-state index in [1.807, 2.05) is 48.5 Å². The molecule has 0 radical (unpaired) electrons. The lowest BCUT2D eigenvalue weighted by Crippen LogP contribution is -2.27. The summed E-state index contributed by atoms with van der Waals surface area (Å²) in [7, 11) is 1.71. The molecule has 4 nitrogen and oxygen atoms in total. The third-order valence-corrected chi connectivity index (χ3v) is 3.24. The predicted molar refractivity (Wildman–Crippen MR) is 82.6 cm³/mol. The monoisotopic (exact) mass is 284 g/mol. The third-order valence-electron chi connectivity index (χ3n) is 3.01. The first-order valence-corrected chi connectivity index (χ1v) is 6.54. The van der Waals surface area contributed by atoms with Crippen LogP contribution in [0.4, 0.5) is 5.95 Å². The molecule has 5 heteroatoms. The molecule has 0 amide bonds. The van der Waals surface area contributed by atoms with Gasteiger partial charge in [0, 0.05) is 23.0 Å². The maximum atomic E-state index is 6.09. The van der Waals surface area contributed by atoms with Gasteiger partial charge in [0.2, 0.25) is 5.95 Å². The van der Waals surface area contributed by atoms with Crippen molar-refractivity contribution in [3.8, 4) is 11.3 Å². The minimum absolute atomic E-state index is 0.471. The summed E-state index contributed by atoms with van der Waals surface area (Å²) in [6.45, 7) is 0. The van der Waals surface area contributed by atoms with E-state index in [2.05, 4.69) is 9.97 Å². The molecule has 2 aromatic carbocycles. The van der Waals surface area contributed by atoms with Crippen molar-refractivity contribution in [2.75, 3.05) is 12.1 Å². The van der Waals surface area contributed by atoms with Crippen LogP contribution in [0.25, 0.3) is 22.2 Å². The Bertz CT molecular complexity index is 756. The van der Waals surface area contributed by atoms with Gasteiger partial charge in [0.1, 0.15) is 0 Å². The fraction of sp³-hybridized carbons (Fsp3) is 0.0667. The average molecular weight is 285 g/mol. The lowest BCUT2D eigenvalue weighted by atomic mass is 10.1. The van der Waals surface area contributed by atoms with Gasteiger partial charge in [-0.3, -0.25) is 5.01 Å². The predicted octanol–water partition coefficient (Wildman–Crippen LogP) is 3.26. The van der Waals surface area contributed by atoms with Crippen molar-refractivity contribution >= 4 is 28.5 Å². The Labute approximate surface area is 121 Å². The van der Waals surface area contributed by atoms with Crippen molar-refractivity contribution in [2.24, 2.45) is 5.84 Å². The van der Waals surface area contributed by atoms with Crippen LogP contribution >= 0.6 is 11.6 Å². The van der Waals surface area contributed by atoms with Crippen molar-refractivity contribution in [3.05, 3.63) is 53.6 Å². The number of fused-ring (bicyclic) bond motifs is 1. The number of nitrogens with zero attached hydrogens (tertiary/aromatic N) is 3. The van der Waals surface area contributed by atoms with E-state index in [1.165, 1.54) is 5.01 Å². The van der Waals surface area contributed by atoms with Crippen LogP contribution in [0.15, 0.2) is 48.5 Å². The van der Waals surface area contributed by atoms with Gasteiger partial charge >= 0.3 is 0 Å². The fourth-order valence-electron chi connectivity index (χ4n) is 2.06. The molecule has 0 aliphatic carbocycles. The molecular formula is C15H13ClN4. The first kappa shape index (κ1) is 12.8. The second-order valence-electron chi connectivity index (χ2n) is 4.51. The molecular weight excluding hydrogens is 272 g/mol. The first-order valence-electron chi connectivity index (χ1n) is 6.16. The van der Waals surface area contributed by atoms with Crippen LogP contribution in [0.1, 0.15) is 0 Å². The highest BCUT2D eigenvalue weighted by Gasteiger charge is 2.11. The van der Waals surface area contributed by atoms with Crippen molar-refractivity contribution in [2.45, 2.75) is 0 Å². The smallest absolute Gasteiger partial charge is 0.240 e. The number of hydrogen-bond acceptors (Lipinski definition) is 4. The third kappa shape index (κ3) is 2.31. The molecule has 0 bridgehead atoms. The van der Waals surface area contributed by atoms with Crippen molar-refractivity contribution < 1.29 is 0 Å². The Morgan fingerprint density at radius 1 is 1.05 bits per heavy atom. The molecule has 3 rings (SSSR count). The molecule has 0 aliphatic rings. The fourth-order valence-corrected chi connectivity index (χ4v) is 2.23. The van der Waals surface area contributed by atoms with Crippen molar-refractivity contribution in [1.29, 1.82) is 0 Å². The summed E-state index contributed by atoms with van der Waals surface area (Å²) in [4.78, 5) is 8.98. The van der Waals surface area contributed by atoms with Crippen molar-refractivity contribution in [1.82, 2.24) is 9.97 Å². The summed E-state index contributed by atoms with van der Waals surface area (Å²) in [5.74, 6) is 6.23. The van der Waals surface area contributed by atoms with E-state index in [-0.39, 0.29) is 0 Å². The normalized spacial score (nSPS) is 10.8. The minimum Gasteiger partial charge on any atom is -0.282 e. The summed E-state index contributed by atoms with van der Waals surface area (Å²) in [5, 5.41) is 2.97. The Balaban J connectivity index is 2.35. The lowest BCUT2D eigenvalue weighted by molar-refractivity contribution is 0.942. The quantitative estimate of drug-likeness (QED) is 0.580. The number of halogens is 1. The Morgan fingerprint density at radius 2 is 1.80 bits per heavy atom. The van der Waals surface area contributed by atoms with Gasteiger partial charge in [-0.15, -0.1) is 0 Å². The highest BCUT2D eigenvalue weighted by molar-refractivity contribution is 6.31. The molecule has 0 aliphatic heterocycles. The van der Waals surface area contributed by atoms with Gasteiger partial charge in [0.25, 0.3) is 0 Å². The summed E-state index contributed by atoms with van der Waals surface area (Å²) >= 11 is 6.09. The molecule has 0 saturated carbocycles. The Morgan fingerprint density at radius 3 is 2.50 bits per heavy atom. The molecule has 1 heterocycles. The van der Waals surface area contributed by atoms with E-state index in [9.17, 15) is 0 Å². The summed E-state index contributed by atoms with van der Waals surface area (Å²) in [5.41, 5.74) is 2.64. The van der Waals surface area contributed by atoms with Crippen LogP contribution in [0.5, 0.6) is 0 Å². The van der Waals surface area contributed by atoms with E-state index < -0.39 is 0 Å². The second kappa shape index (κ2) is 5.07. The first-order chi connectivity index (χ1) is 9.65. The number of anilines is 1. The van der Waals surface area contributed by atoms with E-state index in [0.29, 0.717) is 11.0 Å². The van der Waals surface area contributed by atoms with Crippen LogP contribution in [-0.2, 0) is 0 Å². The minimum atomic E-state index is 0.471. The number of hydrazine groups is 1. The zero-order chi connectivity index (χ0) is 14.1.